The first-order valence-electron chi connectivity index (χ1n) is 7.14. The number of amides is 1. The first kappa shape index (κ1) is 13.6. The summed E-state index contributed by atoms with van der Waals surface area (Å²) in [4.78, 5) is 14.2. The van der Waals surface area contributed by atoms with E-state index >= 15 is 0 Å². The zero-order chi connectivity index (χ0) is 15.0. The molecule has 3 rings (SSSR count). The van der Waals surface area contributed by atoms with Crippen molar-refractivity contribution in [3.05, 3.63) is 30.1 Å². The second-order valence-electron chi connectivity index (χ2n) is 5.26. The average Bonchev–Trinajstić information content (AvgIpc) is 2.89. The fourth-order valence-corrected chi connectivity index (χ4v) is 2.77. The molecule has 1 amide bonds. The van der Waals surface area contributed by atoms with Gasteiger partial charge in [0.15, 0.2) is 11.6 Å². The fourth-order valence-electron chi connectivity index (χ4n) is 2.77. The summed E-state index contributed by atoms with van der Waals surface area (Å²) in [5.41, 5.74) is 0.597. The van der Waals surface area contributed by atoms with Crippen LogP contribution >= 0.6 is 0 Å². The van der Waals surface area contributed by atoms with Gasteiger partial charge in [0.05, 0.1) is 12.1 Å². The van der Waals surface area contributed by atoms with Crippen LogP contribution in [-0.2, 0) is 11.3 Å². The summed E-state index contributed by atoms with van der Waals surface area (Å²) in [6.07, 6.45) is 0.916. The van der Waals surface area contributed by atoms with Gasteiger partial charge in [-0.15, -0.1) is 10.2 Å². The Morgan fingerprint density at radius 1 is 1.33 bits per heavy atom. The van der Waals surface area contributed by atoms with Gasteiger partial charge in [-0.25, -0.2) is 0 Å². The molecular weight excluding hydrogens is 268 g/mol. The van der Waals surface area contributed by atoms with Crippen molar-refractivity contribution in [1.82, 2.24) is 19.7 Å². The molecule has 1 aliphatic rings. The van der Waals surface area contributed by atoms with Crippen LogP contribution in [0.5, 0.6) is 5.75 Å². The lowest BCUT2D eigenvalue weighted by Gasteiger charge is -2.31. The SMILES string of the molecule is CCCN1Cc2nnc(-c3ccccc3O)n2[C@H](C)C1=O. The summed E-state index contributed by atoms with van der Waals surface area (Å²) < 4.78 is 1.82. The molecule has 2 heterocycles. The molecule has 1 aliphatic heterocycles. The van der Waals surface area contributed by atoms with Crippen molar-refractivity contribution in [3.8, 4) is 17.1 Å². The van der Waals surface area contributed by atoms with Crippen LogP contribution in [0, 0.1) is 0 Å². The highest BCUT2D eigenvalue weighted by atomic mass is 16.3. The fraction of sp³-hybridized carbons (Fsp3) is 0.400. The summed E-state index contributed by atoms with van der Waals surface area (Å²) in [7, 11) is 0. The van der Waals surface area contributed by atoms with Gasteiger partial charge in [0.1, 0.15) is 11.8 Å². The molecule has 0 saturated carbocycles. The van der Waals surface area contributed by atoms with Gasteiger partial charge in [0.25, 0.3) is 0 Å². The Labute approximate surface area is 123 Å². The predicted octanol–water partition coefficient (Wildman–Crippen LogP) is 1.96. The molecule has 0 unspecified atom stereocenters. The topological polar surface area (TPSA) is 71.2 Å². The van der Waals surface area contributed by atoms with E-state index in [9.17, 15) is 9.90 Å². The molecule has 2 aromatic rings. The molecule has 21 heavy (non-hydrogen) atoms. The van der Waals surface area contributed by atoms with Crippen LogP contribution in [0.15, 0.2) is 24.3 Å². The first-order valence-corrected chi connectivity index (χ1v) is 7.14. The number of rotatable bonds is 3. The Balaban J connectivity index is 2.06. The molecule has 0 fully saturated rings. The van der Waals surface area contributed by atoms with Gasteiger partial charge in [-0.05, 0) is 25.5 Å². The third-order valence-electron chi connectivity index (χ3n) is 3.79. The minimum Gasteiger partial charge on any atom is -0.507 e. The van der Waals surface area contributed by atoms with E-state index in [1.165, 1.54) is 0 Å². The van der Waals surface area contributed by atoms with E-state index in [0.717, 1.165) is 18.8 Å². The van der Waals surface area contributed by atoms with E-state index in [0.29, 0.717) is 17.9 Å². The highest BCUT2D eigenvalue weighted by Crippen LogP contribution is 2.32. The number of hydrogen-bond donors (Lipinski definition) is 1. The molecule has 6 nitrogen and oxygen atoms in total. The Bertz CT molecular complexity index is 680. The number of carbonyl (C=O) groups excluding carboxylic acids is 1. The standard InChI is InChI=1S/C15H18N4O2/c1-3-8-18-9-13-16-17-14(19(13)10(2)15(18)21)11-6-4-5-7-12(11)20/h4-7,10,20H,3,8-9H2,1-2H3/t10-/m1/s1. The summed E-state index contributed by atoms with van der Waals surface area (Å²) in [5.74, 6) is 1.51. The summed E-state index contributed by atoms with van der Waals surface area (Å²) in [6, 6.07) is 6.61. The molecular formula is C15H18N4O2. The van der Waals surface area contributed by atoms with Gasteiger partial charge in [0.2, 0.25) is 5.91 Å². The molecule has 1 aromatic heterocycles. The number of benzene rings is 1. The summed E-state index contributed by atoms with van der Waals surface area (Å²) in [5, 5.41) is 18.4. The maximum absolute atomic E-state index is 12.4. The number of carbonyl (C=O) groups is 1. The van der Waals surface area contributed by atoms with Gasteiger partial charge in [-0.1, -0.05) is 19.1 Å². The third-order valence-corrected chi connectivity index (χ3v) is 3.79. The van der Waals surface area contributed by atoms with Crippen molar-refractivity contribution < 1.29 is 9.90 Å². The van der Waals surface area contributed by atoms with Gasteiger partial charge in [-0.2, -0.15) is 0 Å². The predicted molar refractivity (Wildman–Crippen MR) is 77.5 cm³/mol. The van der Waals surface area contributed by atoms with Crippen LogP contribution in [0.2, 0.25) is 0 Å². The zero-order valence-electron chi connectivity index (χ0n) is 12.2. The van der Waals surface area contributed by atoms with Gasteiger partial charge in [0, 0.05) is 6.54 Å². The van der Waals surface area contributed by atoms with Crippen LogP contribution in [0.25, 0.3) is 11.4 Å². The zero-order valence-corrected chi connectivity index (χ0v) is 12.2. The summed E-state index contributed by atoms with van der Waals surface area (Å²) >= 11 is 0. The van der Waals surface area contributed by atoms with Gasteiger partial charge in [-0.3, -0.25) is 9.36 Å². The van der Waals surface area contributed by atoms with Crippen LogP contribution in [0.1, 0.15) is 32.1 Å². The lowest BCUT2D eigenvalue weighted by molar-refractivity contribution is -0.136. The number of aromatic hydroxyl groups is 1. The van der Waals surface area contributed by atoms with Crippen molar-refractivity contribution >= 4 is 5.91 Å². The number of phenols is 1. The molecule has 0 radical (unpaired) electrons. The largest absolute Gasteiger partial charge is 0.507 e. The molecule has 110 valence electrons. The Morgan fingerprint density at radius 2 is 2.10 bits per heavy atom. The van der Waals surface area contributed by atoms with E-state index in [4.69, 9.17) is 0 Å². The molecule has 1 atom stereocenters. The monoisotopic (exact) mass is 286 g/mol. The number of aromatic nitrogens is 3. The lowest BCUT2D eigenvalue weighted by atomic mass is 10.1. The van der Waals surface area contributed by atoms with E-state index < -0.39 is 0 Å². The van der Waals surface area contributed by atoms with Crippen molar-refractivity contribution in [2.24, 2.45) is 0 Å². The van der Waals surface area contributed by atoms with Gasteiger partial charge < -0.3 is 10.0 Å². The number of fused-ring (bicyclic) bond motifs is 1. The minimum absolute atomic E-state index is 0.0702. The van der Waals surface area contributed by atoms with Crippen molar-refractivity contribution in [2.45, 2.75) is 32.9 Å². The molecule has 6 heteroatoms. The Morgan fingerprint density at radius 3 is 2.81 bits per heavy atom. The van der Waals surface area contributed by atoms with Crippen LogP contribution in [0.4, 0.5) is 0 Å². The Kier molecular flexibility index (Phi) is 3.37. The van der Waals surface area contributed by atoms with Gasteiger partial charge >= 0.3 is 0 Å². The second kappa shape index (κ2) is 5.20. The highest BCUT2D eigenvalue weighted by molar-refractivity contribution is 5.82. The average molecular weight is 286 g/mol. The highest BCUT2D eigenvalue weighted by Gasteiger charge is 2.33. The molecule has 0 saturated heterocycles. The molecule has 1 aromatic carbocycles. The van der Waals surface area contributed by atoms with E-state index in [1.54, 1.807) is 18.2 Å². The maximum atomic E-state index is 12.4. The number of nitrogens with zero attached hydrogens (tertiary/aromatic N) is 4. The third kappa shape index (κ3) is 2.16. The second-order valence-corrected chi connectivity index (χ2v) is 5.26. The van der Waals surface area contributed by atoms with Crippen molar-refractivity contribution in [1.29, 1.82) is 0 Å². The normalized spacial score (nSPS) is 17.9. The van der Waals surface area contributed by atoms with Crippen molar-refractivity contribution in [3.63, 3.8) is 0 Å². The number of hydrogen-bond acceptors (Lipinski definition) is 4. The van der Waals surface area contributed by atoms with E-state index in [2.05, 4.69) is 10.2 Å². The maximum Gasteiger partial charge on any atom is 0.245 e. The Hall–Kier alpha value is -2.37. The van der Waals surface area contributed by atoms with E-state index in [-0.39, 0.29) is 17.7 Å². The van der Waals surface area contributed by atoms with E-state index in [1.807, 2.05) is 29.4 Å². The van der Waals surface area contributed by atoms with Crippen molar-refractivity contribution in [2.75, 3.05) is 6.54 Å². The number of phenolic OH excluding ortho intramolecular Hbond substituents is 1. The number of para-hydroxylation sites is 1. The lowest BCUT2D eigenvalue weighted by Crippen LogP contribution is -2.42. The molecule has 1 N–H and O–H groups in total. The summed E-state index contributed by atoms with van der Waals surface area (Å²) in [6.45, 7) is 5.09. The molecule has 0 spiro atoms. The first-order chi connectivity index (χ1) is 10.1. The van der Waals surface area contributed by atoms with Crippen LogP contribution in [0.3, 0.4) is 0 Å². The molecule has 0 aliphatic carbocycles. The molecule has 0 bridgehead atoms. The smallest absolute Gasteiger partial charge is 0.245 e. The quantitative estimate of drug-likeness (QED) is 0.936. The van der Waals surface area contributed by atoms with Crippen LogP contribution in [-0.4, -0.2) is 37.2 Å². The minimum atomic E-state index is -0.357. The van der Waals surface area contributed by atoms with Crippen LogP contribution < -0.4 is 0 Å².